The van der Waals surface area contributed by atoms with Gasteiger partial charge in [-0.1, -0.05) is 29.8 Å². The Bertz CT molecular complexity index is 714. The lowest BCUT2D eigenvalue weighted by molar-refractivity contribution is -0.117. The summed E-state index contributed by atoms with van der Waals surface area (Å²) in [6.07, 6.45) is 1.60. The van der Waals surface area contributed by atoms with Gasteiger partial charge in [0, 0.05) is 38.1 Å². The zero-order valence-electron chi connectivity index (χ0n) is 13.7. The minimum absolute atomic E-state index is 0.0609. The van der Waals surface area contributed by atoms with E-state index in [1.54, 1.807) is 18.3 Å². The summed E-state index contributed by atoms with van der Waals surface area (Å²) in [7, 11) is 0. The molecule has 6 heteroatoms. The highest BCUT2D eigenvalue weighted by molar-refractivity contribution is 6.32. The lowest BCUT2D eigenvalue weighted by Crippen LogP contribution is -2.48. The molecule has 126 valence electrons. The van der Waals surface area contributed by atoms with Crippen LogP contribution in [0.25, 0.3) is 0 Å². The van der Waals surface area contributed by atoms with Crippen molar-refractivity contribution in [1.82, 2.24) is 9.88 Å². The number of aromatic nitrogens is 1. The first-order chi connectivity index (χ1) is 11.6. The molecule has 24 heavy (non-hydrogen) atoms. The highest BCUT2D eigenvalue weighted by Gasteiger charge is 2.20. The van der Waals surface area contributed by atoms with E-state index < -0.39 is 0 Å². The highest BCUT2D eigenvalue weighted by Crippen LogP contribution is 2.21. The lowest BCUT2D eigenvalue weighted by atomic mass is 10.1. The van der Waals surface area contributed by atoms with E-state index in [1.165, 1.54) is 11.3 Å². The molecule has 1 fully saturated rings. The van der Waals surface area contributed by atoms with Crippen LogP contribution in [0.4, 0.5) is 11.4 Å². The van der Waals surface area contributed by atoms with Crippen LogP contribution in [0.2, 0.25) is 5.15 Å². The van der Waals surface area contributed by atoms with Gasteiger partial charge in [0.05, 0.1) is 12.2 Å². The maximum Gasteiger partial charge on any atom is 0.238 e. The number of anilines is 2. The third-order valence-electron chi connectivity index (χ3n) is 4.23. The van der Waals surface area contributed by atoms with Gasteiger partial charge in [0.15, 0.2) is 5.15 Å². The van der Waals surface area contributed by atoms with Crippen molar-refractivity contribution in [3.05, 3.63) is 53.3 Å². The Kier molecular flexibility index (Phi) is 5.33. The van der Waals surface area contributed by atoms with Crippen LogP contribution in [0, 0.1) is 6.92 Å². The Hall–Kier alpha value is -2.11. The SMILES string of the molecule is Cc1ccccc1N1CCN(CC(=O)Nc2cccnc2Cl)CC1. The number of nitrogens with zero attached hydrogens (tertiary/aromatic N) is 3. The smallest absolute Gasteiger partial charge is 0.238 e. The van der Waals surface area contributed by atoms with Crippen LogP contribution >= 0.6 is 11.6 Å². The molecule has 1 amide bonds. The molecule has 1 aromatic heterocycles. The molecule has 0 unspecified atom stereocenters. The molecule has 0 atom stereocenters. The van der Waals surface area contributed by atoms with Gasteiger partial charge in [-0.3, -0.25) is 9.69 Å². The first kappa shape index (κ1) is 16.7. The number of benzene rings is 1. The van der Waals surface area contributed by atoms with Crippen LogP contribution < -0.4 is 10.2 Å². The normalized spacial score (nSPS) is 15.3. The molecular formula is C18H21ClN4O. The van der Waals surface area contributed by atoms with E-state index in [9.17, 15) is 4.79 Å². The van der Waals surface area contributed by atoms with Gasteiger partial charge in [-0.2, -0.15) is 0 Å². The zero-order valence-corrected chi connectivity index (χ0v) is 14.5. The molecule has 3 rings (SSSR count). The molecular weight excluding hydrogens is 324 g/mol. The van der Waals surface area contributed by atoms with E-state index in [1.807, 2.05) is 0 Å². The summed E-state index contributed by atoms with van der Waals surface area (Å²) >= 11 is 5.97. The second-order valence-corrected chi connectivity index (χ2v) is 6.30. The monoisotopic (exact) mass is 344 g/mol. The molecule has 0 aliphatic carbocycles. The van der Waals surface area contributed by atoms with E-state index in [4.69, 9.17) is 11.6 Å². The van der Waals surface area contributed by atoms with E-state index in [2.05, 4.69) is 51.3 Å². The molecule has 2 aromatic rings. The molecule has 0 spiro atoms. The number of hydrogen-bond acceptors (Lipinski definition) is 4. The van der Waals surface area contributed by atoms with Crippen molar-refractivity contribution < 1.29 is 4.79 Å². The van der Waals surface area contributed by atoms with E-state index in [0.29, 0.717) is 17.4 Å². The average Bonchev–Trinajstić information content (AvgIpc) is 2.58. The first-order valence-corrected chi connectivity index (χ1v) is 8.44. The predicted molar refractivity (Wildman–Crippen MR) is 97.7 cm³/mol. The van der Waals surface area contributed by atoms with Crippen molar-refractivity contribution >= 4 is 28.9 Å². The van der Waals surface area contributed by atoms with Gasteiger partial charge in [0.1, 0.15) is 0 Å². The molecule has 1 aliphatic heterocycles. The van der Waals surface area contributed by atoms with E-state index in [0.717, 1.165) is 26.2 Å². The van der Waals surface area contributed by atoms with Crippen molar-refractivity contribution in [3.8, 4) is 0 Å². The number of amides is 1. The number of hydrogen-bond donors (Lipinski definition) is 1. The number of nitrogens with one attached hydrogen (secondary N) is 1. The fourth-order valence-corrected chi connectivity index (χ4v) is 3.10. The Morgan fingerprint density at radius 1 is 1.17 bits per heavy atom. The number of rotatable bonds is 4. The van der Waals surface area contributed by atoms with Crippen LogP contribution in [0.5, 0.6) is 0 Å². The summed E-state index contributed by atoms with van der Waals surface area (Å²) in [4.78, 5) is 20.7. The van der Waals surface area contributed by atoms with Crippen molar-refractivity contribution in [3.63, 3.8) is 0 Å². The van der Waals surface area contributed by atoms with Gasteiger partial charge in [0.25, 0.3) is 0 Å². The maximum atomic E-state index is 12.2. The fraction of sp³-hybridized carbons (Fsp3) is 0.333. The average molecular weight is 345 g/mol. The number of piperazine rings is 1. The highest BCUT2D eigenvalue weighted by atomic mass is 35.5. The fourth-order valence-electron chi connectivity index (χ4n) is 2.94. The van der Waals surface area contributed by atoms with Crippen molar-refractivity contribution in [2.24, 2.45) is 0 Å². The molecule has 0 bridgehead atoms. The van der Waals surface area contributed by atoms with E-state index >= 15 is 0 Å². The molecule has 1 saturated heterocycles. The second kappa shape index (κ2) is 7.64. The molecule has 0 radical (unpaired) electrons. The molecule has 2 heterocycles. The maximum absolute atomic E-state index is 12.2. The van der Waals surface area contributed by atoms with Crippen LogP contribution in [-0.2, 0) is 4.79 Å². The molecule has 5 nitrogen and oxygen atoms in total. The quantitative estimate of drug-likeness (QED) is 0.866. The minimum Gasteiger partial charge on any atom is -0.369 e. The van der Waals surface area contributed by atoms with Gasteiger partial charge in [-0.15, -0.1) is 0 Å². The zero-order chi connectivity index (χ0) is 16.9. The number of pyridine rings is 1. The van der Waals surface area contributed by atoms with Gasteiger partial charge >= 0.3 is 0 Å². The predicted octanol–water partition coefficient (Wildman–Crippen LogP) is 2.80. The molecule has 1 aromatic carbocycles. The molecule has 1 aliphatic rings. The second-order valence-electron chi connectivity index (χ2n) is 5.94. The first-order valence-electron chi connectivity index (χ1n) is 8.07. The van der Waals surface area contributed by atoms with Crippen molar-refractivity contribution in [1.29, 1.82) is 0 Å². The summed E-state index contributed by atoms with van der Waals surface area (Å²) in [6, 6.07) is 11.9. The lowest BCUT2D eigenvalue weighted by Gasteiger charge is -2.36. The minimum atomic E-state index is -0.0609. The summed E-state index contributed by atoms with van der Waals surface area (Å²) in [5.41, 5.74) is 3.13. The molecule has 0 saturated carbocycles. The van der Waals surface area contributed by atoms with Gasteiger partial charge in [-0.05, 0) is 30.7 Å². The van der Waals surface area contributed by atoms with Crippen LogP contribution in [-0.4, -0.2) is 48.5 Å². The number of aryl methyl sites for hydroxylation is 1. The van der Waals surface area contributed by atoms with Gasteiger partial charge < -0.3 is 10.2 Å². The Morgan fingerprint density at radius 3 is 2.62 bits per heavy atom. The molecule has 1 N–H and O–H groups in total. The Morgan fingerprint density at radius 2 is 1.92 bits per heavy atom. The summed E-state index contributed by atoms with van der Waals surface area (Å²) < 4.78 is 0. The van der Waals surface area contributed by atoms with Crippen LogP contribution in [0.1, 0.15) is 5.56 Å². The Labute approximate surface area is 147 Å². The summed E-state index contributed by atoms with van der Waals surface area (Å²) in [5.74, 6) is -0.0609. The van der Waals surface area contributed by atoms with Crippen molar-refractivity contribution in [2.45, 2.75) is 6.92 Å². The van der Waals surface area contributed by atoms with Crippen LogP contribution in [0.15, 0.2) is 42.6 Å². The third kappa shape index (κ3) is 4.04. The van der Waals surface area contributed by atoms with Crippen LogP contribution in [0.3, 0.4) is 0 Å². The number of carbonyl (C=O) groups is 1. The number of carbonyl (C=O) groups excluding carboxylic acids is 1. The topological polar surface area (TPSA) is 48.5 Å². The summed E-state index contributed by atoms with van der Waals surface area (Å²) in [5, 5.41) is 3.14. The van der Waals surface area contributed by atoms with Gasteiger partial charge in [-0.25, -0.2) is 4.98 Å². The van der Waals surface area contributed by atoms with Crippen molar-refractivity contribution in [2.75, 3.05) is 42.9 Å². The summed E-state index contributed by atoms with van der Waals surface area (Å²) in [6.45, 7) is 6.07. The third-order valence-corrected chi connectivity index (χ3v) is 4.53. The van der Waals surface area contributed by atoms with E-state index in [-0.39, 0.29) is 5.91 Å². The number of para-hydroxylation sites is 1. The standard InChI is InChI=1S/C18H21ClN4O/c1-14-5-2-3-7-16(14)23-11-9-22(10-12-23)13-17(24)21-15-6-4-8-20-18(15)19/h2-8H,9-13H2,1H3,(H,21,24). The van der Waals surface area contributed by atoms with Gasteiger partial charge in [0.2, 0.25) is 5.91 Å². The largest absolute Gasteiger partial charge is 0.369 e. The number of halogens is 1. The Balaban J connectivity index is 1.51.